The molecule has 0 saturated heterocycles. The molecule has 1 aromatic heterocycles. The number of rotatable bonds is 4. The lowest BCUT2D eigenvalue weighted by Gasteiger charge is -2.25. The summed E-state index contributed by atoms with van der Waals surface area (Å²) in [7, 11) is 0. The SMILES string of the molecule is C=C(/C=C(Cl)\C=C/C)[C@@]1(C)Cc2cc(C(=O)O)cnc2N1. The predicted molar refractivity (Wildman–Crippen MR) is 84.8 cm³/mol. The Morgan fingerprint density at radius 3 is 2.95 bits per heavy atom. The summed E-state index contributed by atoms with van der Waals surface area (Å²) in [4.78, 5) is 15.2. The molecule has 0 aromatic carbocycles. The quantitative estimate of drug-likeness (QED) is 0.831. The molecule has 1 aliphatic heterocycles. The third-order valence-corrected chi connectivity index (χ3v) is 3.73. The molecule has 0 spiro atoms. The highest BCUT2D eigenvalue weighted by atomic mass is 35.5. The zero-order valence-corrected chi connectivity index (χ0v) is 12.7. The molecule has 0 saturated carbocycles. The molecule has 2 heterocycles. The number of aromatic nitrogens is 1. The molecule has 0 aliphatic carbocycles. The third kappa shape index (κ3) is 3.16. The third-order valence-electron chi connectivity index (χ3n) is 3.50. The Morgan fingerprint density at radius 2 is 2.33 bits per heavy atom. The molecule has 5 heteroatoms. The summed E-state index contributed by atoms with van der Waals surface area (Å²) in [6.07, 6.45) is 7.42. The van der Waals surface area contributed by atoms with Crippen LogP contribution in [0.25, 0.3) is 0 Å². The highest BCUT2D eigenvalue weighted by Crippen LogP contribution is 2.36. The van der Waals surface area contributed by atoms with Crippen LogP contribution >= 0.6 is 11.6 Å². The van der Waals surface area contributed by atoms with Gasteiger partial charge in [-0.05, 0) is 43.2 Å². The number of anilines is 1. The maximum absolute atomic E-state index is 11.0. The molecule has 0 bridgehead atoms. The van der Waals surface area contributed by atoms with Gasteiger partial charge in [-0.15, -0.1) is 0 Å². The van der Waals surface area contributed by atoms with Gasteiger partial charge in [0.15, 0.2) is 0 Å². The Hall–Kier alpha value is -2.07. The van der Waals surface area contributed by atoms with E-state index in [9.17, 15) is 4.79 Å². The number of nitrogens with one attached hydrogen (secondary N) is 1. The van der Waals surface area contributed by atoms with Crippen LogP contribution in [-0.4, -0.2) is 21.6 Å². The van der Waals surface area contributed by atoms with Crippen molar-refractivity contribution in [2.45, 2.75) is 25.8 Å². The van der Waals surface area contributed by atoms with Crippen molar-refractivity contribution in [3.8, 4) is 0 Å². The first-order valence-electron chi connectivity index (χ1n) is 6.55. The van der Waals surface area contributed by atoms with Crippen LogP contribution in [0.15, 0.2) is 47.7 Å². The highest BCUT2D eigenvalue weighted by molar-refractivity contribution is 6.31. The standard InChI is InChI=1S/C16H17ClN2O2/c1-4-5-13(17)6-10(2)16(3)8-11-7-12(15(20)21)9-18-14(11)19-16/h4-7,9H,2,8H2,1,3H3,(H,18,19)(H,20,21)/b5-4-,13-6+/t16-/m1/s1. The predicted octanol–water partition coefficient (Wildman–Crippen LogP) is 3.76. The molecule has 0 unspecified atom stereocenters. The minimum atomic E-state index is -0.978. The van der Waals surface area contributed by atoms with Gasteiger partial charge < -0.3 is 10.4 Å². The van der Waals surface area contributed by atoms with Gasteiger partial charge >= 0.3 is 5.97 Å². The number of carbonyl (C=O) groups is 1. The fraction of sp³-hybridized carbons (Fsp3) is 0.250. The summed E-state index contributed by atoms with van der Waals surface area (Å²) in [6.45, 7) is 7.95. The van der Waals surface area contributed by atoms with Crippen LogP contribution in [0.1, 0.15) is 29.8 Å². The molecule has 1 aliphatic rings. The van der Waals surface area contributed by atoms with Crippen LogP contribution in [-0.2, 0) is 6.42 Å². The molecular weight excluding hydrogens is 288 g/mol. The maximum atomic E-state index is 11.0. The smallest absolute Gasteiger partial charge is 0.337 e. The monoisotopic (exact) mass is 304 g/mol. The number of aromatic carboxylic acids is 1. The number of pyridine rings is 1. The van der Waals surface area contributed by atoms with Crippen molar-refractivity contribution in [3.63, 3.8) is 0 Å². The van der Waals surface area contributed by atoms with E-state index in [2.05, 4.69) is 16.9 Å². The van der Waals surface area contributed by atoms with Crippen LogP contribution in [0.2, 0.25) is 0 Å². The fourth-order valence-electron chi connectivity index (χ4n) is 2.29. The van der Waals surface area contributed by atoms with Gasteiger partial charge in [0.05, 0.1) is 11.1 Å². The van der Waals surface area contributed by atoms with Gasteiger partial charge in [0.2, 0.25) is 0 Å². The molecule has 21 heavy (non-hydrogen) atoms. The molecule has 0 amide bonds. The number of hydrogen-bond donors (Lipinski definition) is 2. The van der Waals surface area contributed by atoms with Crippen LogP contribution in [0.3, 0.4) is 0 Å². The van der Waals surface area contributed by atoms with Crippen LogP contribution < -0.4 is 5.32 Å². The zero-order valence-electron chi connectivity index (χ0n) is 12.0. The van der Waals surface area contributed by atoms with Crippen molar-refractivity contribution in [1.82, 2.24) is 4.98 Å². The van der Waals surface area contributed by atoms with E-state index in [0.717, 1.165) is 11.1 Å². The van der Waals surface area contributed by atoms with E-state index in [1.54, 1.807) is 18.2 Å². The lowest BCUT2D eigenvalue weighted by Crippen LogP contribution is -2.33. The molecule has 110 valence electrons. The Balaban J connectivity index is 2.26. The lowest BCUT2D eigenvalue weighted by atomic mass is 9.89. The summed E-state index contributed by atoms with van der Waals surface area (Å²) >= 11 is 6.09. The second-order valence-corrected chi connectivity index (χ2v) is 5.66. The second kappa shape index (κ2) is 5.74. The van der Waals surface area contributed by atoms with E-state index in [1.807, 2.05) is 19.9 Å². The number of halogens is 1. The van der Waals surface area contributed by atoms with E-state index >= 15 is 0 Å². The summed E-state index contributed by atoms with van der Waals surface area (Å²) in [5, 5.41) is 12.9. The van der Waals surface area contributed by atoms with E-state index in [1.165, 1.54) is 6.20 Å². The Labute approximate surface area is 128 Å². The summed E-state index contributed by atoms with van der Waals surface area (Å²) in [5.74, 6) is -0.284. The number of allylic oxidation sites excluding steroid dienone is 3. The molecule has 1 atom stereocenters. The minimum Gasteiger partial charge on any atom is -0.478 e. The number of fused-ring (bicyclic) bond motifs is 1. The molecular formula is C16H17ClN2O2. The van der Waals surface area contributed by atoms with Crippen molar-refractivity contribution in [2.24, 2.45) is 0 Å². The van der Waals surface area contributed by atoms with E-state index in [-0.39, 0.29) is 5.56 Å². The molecule has 1 aromatic rings. The first-order chi connectivity index (χ1) is 9.85. The average Bonchev–Trinajstić information content (AvgIpc) is 2.75. The van der Waals surface area contributed by atoms with E-state index in [0.29, 0.717) is 17.3 Å². The lowest BCUT2D eigenvalue weighted by molar-refractivity contribution is 0.0696. The van der Waals surface area contributed by atoms with Crippen molar-refractivity contribution in [2.75, 3.05) is 5.32 Å². The molecule has 4 nitrogen and oxygen atoms in total. The molecule has 0 radical (unpaired) electrons. The first kappa shape index (κ1) is 15.3. The van der Waals surface area contributed by atoms with Crippen LogP contribution in [0, 0.1) is 0 Å². The Morgan fingerprint density at radius 1 is 1.62 bits per heavy atom. The molecule has 2 N–H and O–H groups in total. The van der Waals surface area contributed by atoms with Crippen molar-refractivity contribution < 1.29 is 9.90 Å². The first-order valence-corrected chi connectivity index (χ1v) is 6.93. The van der Waals surface area contributed by atoms with Gasteiger partial charge in [-0.1, -0.05) is 24.3 Å². The maximum Gasteiger partial charge on any atom is 0.337 e. The van der Waals surface area contributed by atoms with Gasteiger partial charge in [0.1, 0.15) is 5.82 Å². The molecule has 0 fully saturated rings. The van der Waals surface area contributed by atoms with E-state index < -0.39 is 11.5 Å². The average molecular weight is 305 g/mol. The van der Waals surface area contributed by atoms with Gasteiger partial charge in [-0.2, -0.15) is 0 Å². The minimum absolute atomic E-state index is 0.188. The van der Waals surface area contributed by atoms with Crippen molar-refractivity contribution in [1.29, 1.82) is 0 Å². The second-order valence-electron chi connectivity index (χ2n) is 5.23. The van der Waals surface area contributed by atoms with Gasteiger partial charge in [0, 0.05) is 17.6 Å². The van der Waals surface area contributed by atoms with Crippen LogP contribution in [0.4, 0.5) is 5.82 Å². The number of carboxylic acid groups (broad SMARTS) is 1. The van der Waals surface area contributed by atoms with Gasteiger partial charge in [-0.3, -0.25) is 0 Å². The Bertz CT molecular complexity index is 664. The summed E-state index contributed by atoms with van der Waals surface area (Å²) in [6, 6.07) is 1.65. The van der Waals surface area contributed by atoms with Crippen LogP contribution in [0.5, 0.6) is 0 Å². The Kier molecular flexibility index (Phi) is 4.19. The zero-order chi connectivity index (χ0) is 15.6. The fourth-order valence-corrected chi connectivity index (χ4v) is 2.55. The molecule has 2 rings (SSSR count). The summed E-state index contributed by atoms with van der Waals surface area (Å²) < 4.78 is 0. The number of hydrogen-bond acceptors (Lipinski definition) is 3. The number of carboxylic acids is 1. The summed E-state index contributed by atoms with van der Waals surface area (Å²) in [5.41, 5.74) is 1.45. The number of nitrogens with zero attached hydrogens (tertiary/aromatic N) is 1. The topological polar surface area (TPSA) is 62.2 Å². The van der Waals surface area contributed by atoms with Gasteiger partial charge in [-0.25, -0.2) is 9.78 Å². The van der Waals surface area contributed by atoms with E-state index in [4.69, 9.17) is 16.7 Å². The van der Waals surface area contributed by atoms with Crippen molar-refractivity contribution >= 4 is 23.4 Å². The van der Waals surface area contributed by atoms with Gasteiger partial charge in [0.25, 0.3) is 0 Å². The largest absolute Gasteiger partial charge is 0.478 e. The normalized spacial score (nSPS) is 21.2. The highest BCUT2D eigenvalue weighted by Gasteiger charge is 2.35. The van der Waals surface area contributed by atoms with Crippen molar-refractivity contribution in [3.05, 3.63) is 58.8 Å².